The van der Waals surface area contributed by atoms with E-state index in [4.69, 9.17) is 16.3 Å². The van der Waals surface area contributed by atoms with E-state index in [-0.39, 0.29) is 18.0 Å². The molecule has 0 spiro atoms. The van der Waals surface area contributed by atoms with E-state index in [2.05, 4.69) is 9.89 Å². The average molecular weight is 381 g/mol. The summed E-state index contributed by atoms with van der Waals surface area (Å²) in [5.41, 5.74) is 13.8. The number of carbonyl (C=O) groups is 1. The molecule has 4 N–H and O–H groups in total. The van der Waals surface area contributed by atoms with Crippen molar-refractivity contribution in [1.29, 1.82) is 0 Å². The molecule has 2 aromatic rings. The lowest BCUT2D eigenvalue weighted by atomic mass is 10.1. The number of amidine groups is 1. The van der Waals surface area contributed by atoms with Crippen molar-refractivity contribution in [2.45, 2.75) is 19.7 Å². The number of rotatable bonds is 6. The number of oxime groups is 1. The van der Waals surface area contributed by atoms with E-state index in [1.807, 2.05) is 0 Å². The summed E-state index contributed by atoms with van der Waals surface area (Å²) in [4.78, 5) is 16.9. The smallest absolute Gasteiger partial charge is 0.398 e. The number of nitrogen functional groups attached to an aromatic ring is 1. The van der Waals surface area contributed by atoms with Gasteiger partial charge in [0.1, 0.15) is 6.61 Å². The SMILES string of the molecule is Cc1c(N)cccc1/C(N)=N/OC(=O)c1cccc(COCC(F)(F)F)c1. The van der Waals surface area contributed by atoms with E-state index in [1.165, 1.54) is 24.3 Å². The number of hydrogen-bond donors (Lipinski definition) is 2. The molecule has 0 aliphatic rings. The molecule has 0 atom stereocenters. The second-order valence-electron chi connectivity index (χ2n) is 5.68. The van der Waals surface area contributed by atoms with Crippen LogP contribution < -0.4 is 11.5 Å². The van der Waals surface area contributed by atoms with Crippen molar-refractivity contribution in [2.75, 3.05) is 12.3 Å². The van der Waals surface area contributed by atoms with Crippen LogP contribution in [0.1, 0.15) is 27.0 Å². The number of hydrogen-bond acceptors (Lipinski definition) is 5. The normalized spacial score (nSPS) is 12.1. The molecule has 27 heavy (non-hydrogen) atoms. The Balaban J connectivity index is 2.03. The van der Waals surface area contributed by atoms with E-state index in [0.29, 0.717) is 22.4 Å². The summed E-state index contributed by atoms with van der Waals surface area (Å²) in [6.45, 7) is 0.0792. The number of benzene rings is 2. The van der Waals surface area contributed by atoms with Gasteiger partial charge in [-0.25, -0.2) is 4.79 Å². The molecular weight excluding hydrogens is 363 g/mol. The minimum Gasteiger partial charge on any atom is -0.398 e. The molecule has 2 aromatic carbocycles. The first-order valence-electron chi connectivity index (χ1n) is 7.81. The van der Waals surface area contributed by atoms with Gasteiger partial charge in [0.15, 0.2) is 5.84 Å². The highest BCUT2D eigenvalue weighted by Gasteiger charge is 2.27. The first-order chi connectivity index (χ1) is 12.7. The Hall–Kier alpha value is -3.07. The molecule has 0 saturated heterocycles. The number of carbonyl (C=O) groups excluding carboxylic acids is 1. The predicted octanol–water partition coefficient (Wildman–Crippen LogP) is 3.13. The Kier molecular flexibility index (Phi) is 6.40. The Morgan fingerprint density at radius 1 is 1.19 bits per heavy atom. The Labute approximate surface area is 153 Å². The molecule has 144 valence electrons. The molecular formula is C18H18F3N3O3. The number of anilines is 1. The largest absolute Gasteiger partial charge is 0.411 e. The Morgan fingerprint density at radius 3 is 2.59 bits per heavy atom. The van der Waals surface area contributed by atoms with E-state index in [1.54, 1.807) is 25.1 Å². The van der Waals surface area contributed by atoms with Gasteiger partial charge in [-0.05, 0) is 36.2 Å². The number of alkyl halides is 3. The monoisotopic (exact) mass is 381 g/mol. The Morgan fingerprint density at radius 2 is 1.89 bits per heavy atom. The van der Waals surface area contributed by atoms with Crippen LogP contribution in [-0.2, 0) is 16.2 Å². The lowest BCUT2D eigenvalue weighted by Gasteiger charge is -2.08. The summed E-state index contributed by atoms with van der Waals surface area (Å²) in [6.07, 6.45) is -4.41. The highest BCUT2D eigenvalue weighted by atomic mass is 19.4. The fraction of sp³-hybridized carbons (Fsp3) is 0.222. The minimum atomic E-state index is -4.41. The molecule has 0 heterocycles. The standard InChI is InChI=1S/C18H18F3N3O3/c1-11-14(6-3-7-15(11)22)16(23)24-27-17(25)13-5-2-4-12(8-13)9-26-10-18(19,20)21/h2-8H,9-10,22H2,1H3,(H2,23,24). The Bertz CT molecular complexity index is 851. The van der Waals surface area contributed by atoms with Crippen molar-refractivity contribution in [3.8, 4) is 0 Å². The number of nitrogens with zero attached hydrogens (tertiary/aromatic N) is 1. The number of nitrogens with two attached hydrogens (primary N) is 2. The third-order valence-corrected chi connectivity index (χ3v) is 3.58. The summed E-state index contributed by atoms with van der Waals surface area (Å²) >= 11 is 0. The van der Waals surface area contributed by atoms with Gasteiger partial charge in [-0.15, -0.1) is 0 Å². The summed E-state index contributed by atoms with van der Waals surface area (Å²) in [5.74, 6) is -0.838. The fourth-order valence-electron chi connectivity index (χ4n) is 2.20. The molecule has 0 aromatic heterocycles. The molecule has 0 unspecified atom stereocenters. The van der Waals surface area contributed by atoms with Crippen LogP contribution in [0.5, 0.6) is 0 Å². The molecule has 0 fully saturated rings. The first-order valence-corrected chi connectivity index (χ1v) is 7.81. The molecule has 2 rings (SSSR count). The minimum absolute atomic E-state index is 0.0298. The molecule has 0 aliphatic heterocycles. The lowest BCUT2D eigenvalue weighted by Crippen LogP contribution is -2.17. The summed E-state index contributed by atoms with van der Waals surface area (Å²) < 4.78 is 40.9. The van der Waals surface area contributed by atoms with Crippen LogP contribution in [0.2, 0.25) is 0 Å². The van der Waals surface area contributed by atoms with Gasteiger partial charge in [-0.1, -0.05) is 29.4 Å². The number of ether oxygens (including phenoxy) is 1. The molecule has 0 bridgehead atoms. The van der Waals surface area contributed by atoms with E-state index < -0.39 is 18.8 Å². The highest BCUT2D eigenvalue weighted by Crippen LogP contribution is 2.17. The van der Waals surface area contributed by atoms with Gasteiger partial charge < -0.3 is 21.0 Å². The average Bonchev–Trinajstić information content (AvgIpc) is 2.61. The van der Waals surface area contributed by atoms with Crippen LogP contribution in [0.15, 0.2) is 47.6 Å². The molecule has 0 aliphatic carbocycles. The van der Waals surface area contributed by atoms with Crippen LogP contribution in [-0.4, -0.2) is 24.6 Å². The van der Waals surface area contributed by atoms with E-state index in [0.717, 1.165) is 0 Å². The van der Waals surface area contributed by atoms with Crippen LogP contribution in [0.3, 0.4) is 0 Å². The molecule has 0 amide bonds. The second-order valence-corrected chi connectivity index (χ2v) is 5.68. The quantitative estimate of drug-likeness (QED) is 0.263. The van der Waals surface area contributed by atoms with Crippen molar-refractivity contribution >= 4 is 17.5 Å². The van der Waals surface area contributed by atoms with Crippen LogP contribution in [0, 0.1) is 6.92 Å². The van der Waals surface area contributed by atoms with Crippen molar-refractivity contribution < 1.29 is 27.5 Å². The molecule has 0 saturated carbocycles. The van der Waals surface area contributed by atoms with E-state index >= 15 is 0 Å². The topological polar surface area (TPSA) is 99.9 Å². The van der Waals surface area contributed by atoms with Crippen molar-refractivity contribution in [3.05, 3.63) is 64.7 Å². The third kappa shape index (κ3) is 6.00. The van der Waals surface area contributed by atoms with Crippen molar-refractivity contribution in [2.24, 2.45) is 10.9 Å². The first kappa shape index (κ1) is 20.2. The van der Waals surface area contributed by atoms with Gasteiger partial charge in [0.25, 0.3) is 0 Å². The van der Waals surface area contributed by atoms with Crippen LogP contribution >= 0.6 is 0 Å². The zero-order valence-electron chi connectivity index (χ0n) is 14.4. The number of halogens is 3. The van der Waals surface area contributed by atoms with Gasteiger partial charge in [-0.3, -0.25) is 0 Å². The zero-order chi connectivity index (χ0) is 20.0. The van der Waals surface area contributed by atoms with Gasteiger partial charge in [0.2, 0.25) is 0 Å². The third-order valence-electron chi connectivity index (χ3n) is 3.58. The maximum absolute atomic E-state index is 12.1. The maximum atomic E-state index is 12.1. The van der Waals surface area contributed by atoms with Gasteiger partial charge in [-0.2, -0.15) is 13.2 Å². The maximum Gasteiger partial charge on any atom is 0.411 e. The van der Waals surface area contributed by atoms with Crippen LogP contribution in [0.4, 0.5) is 18.9 Å². The van der Waals surface area contributed by atoms with Gasteiger partial charge in [0, 0.05) is 11.3 Å². The van der Waals surface area contributed by atoms with Gasteiger partial charge >= 0.3 is 12.1 Å². The fourth-order valence-corrected chi connectivity index (χ4v) is 2.20. The van der Waals surface area contributed by atoms with Crippen molar-refractivity contribution in [1.82, 2.24) is 0 Å². The summed E-state index contributed by atoms with van der Waals surface area (Å²) in [5, 5.41) is 3.61. The lowest BCUT2D eigenvalue weighted by molar-refractivity contribution is -0.176. The van der Waals surface area contributed by atoms with Crippen LogP contribution in [0.25, 0.3) is 0 Å². The van der Waals surface area contributed by atoms with E-state index in [9.17, 15) is 18.0 Å². The summed E-state index contributed by atoms with van der Waals surface area (Å²) in [6, 6.07) is 10.9. The molecule has 9 heteroatoms. The second kappa shape index (κ2) is 8.54. The highest BCUT2D eigenvalue weighted by molar-refractivity contribution is 6.00. The van der Waals surface area contributed by atoms with Gasteiger partial charge in [0.05, 0.1) is 12.2 Å². The zero-order valence-corrected chi connectivity index (χ0v) is 14.4. The summed E-state index contributed by atoms with van der Waals surface area (Å²) in [7, 11) is 0. The predicted molar refractivity (Wildman–Crippen MR) is 93.9 cm³/mol. The molecule has 0 radical (unpaired) electrons. The molecule has 6 nitrogen and oxygen atoms in total. The van der Waals surface area contributed by atoms with Crippen molar-refractivity contribution in [3.63, 3.8) is 0 Å².